The molecule has 1 aliphatic rings. The van der Waals surface area contributed by atoms with Gasteiger partial charge in [-0.1, -0.05) is 17.7 Å². The maximum Gasteiger partial charge on any atom is 0.356 e. The second kappa shape index (κ2) is 7.70. The van der Waals surface area contributed by atoms with Crippen molar-refractivity contribution in [2.45, 2.75) is 25.8 Å². The number of carbonyl (C=O) groups is 1. The highest BCUT2D eigenvalue weighted by atomic mass is 35.5. The van der Waals surface area contributed by atoms with Crippen LogP contribution in [0.4, 0.5) is 20.4 Å². The van der Waals surface area contributed by atoms with Gasteiger partial charge in [0.1, 0.15) is 5.15 Å². The van der Waals surface area contributed by atoms with Gasteiger partial charge in [-0.25, -0.2) is 23.5 Å². The van der Waals surface area contributed by atoms with Crippen molar-refractivity contribution in [2.75, 3.05) is 23.3 Å². The van der Waals surface area contributed by atoms with E-state index in [0.29, 0.717) is 16.5 Å². The second-order valence-corrected chi connectivity index (χ2v) is 8.33. The second-order valence-electron chi connectivity index (χ2n) is 7.94. The van der Waals surface area contributed by atoms with E-state index in [0.717, 1.165) is 5.56 Å². The van der Waals surface area contributed by atoms with Gasteiger partial charge in [0, 0.05) is 12.6 Å². The molecule has 11 heteroatoms. The number of hydrogen-bond donors (Lipinski definition) is 2. The number of hydrogen-bond acceptors (Lipinski definition) is 6. The van der Waals surface area contributed by atoms with Gasteiger partial charge in [-0.05, 0) is 37.6 Å². The van der Waals surface area contributed by atoms with Crippen molar-refractivity contribution in [1.29, 1.82) is 0 Å². The number of halogens is 3. The van der Waals surface area contributed by atoms with E-state index in [9.17, 15) is 23.5 Å². The van der Waals surface area contributed by atoms with Gasteiger partial charge >= 0.3 is 5.97 Å². The van der Waals surface area contributed by atoms with E-state index in [2.05, 4.69) is 15.3 Å². The molecule has 3 heterocycles. The van der Waals surface area contributed by atoms with E-state index in [4.69, 9.17) is 11.6 Å². The topological polar surface area (TPSA) is 100 Å². The standard InChI is InChI=1S/C21H20ClF2N5O3/c1-10-6-12(11(2)25-14-4-5-15(22)26-17(14)19(31)32)16-13(7-10)18(30)28(3)20(27-16)29-8-21(23,24)9-29/h4-7,11,25H,8-9H2,1-3H3,(H,31,32). The lowest BCUT2D eigenvalue weighted by atomic mass is 10.0. The van der Waals surface area contributed by atoms with E-state index in [1.807, 2.05) is 13.0 Å². The average Bonchev–Trinajstić information content (AvgIpc) is 2.69. The molecule has 0 amide bonds. The molecule has 32 heavy (non-hydrogen) atoms. The number of fused-ring (bicyclic) bond motifs is 1. The molecule has 0 aliphatic carbocycles. The fourth-order valence-corrected chi connectivity index (χ4v) is 3.98. The van der Waals surface area contributed by atoms with Crippen molar-refractivity contribution in [2.24, 2.45) is 7.05 Å². The van der Waals surface area contributed by atoms with Gasteiger partial charge in [-0.2, -0.15) is 0 Å². The van der Waals surface area contributed by atoms with E-state index in [1.54, 1.807) is 13.0 Å². The molecular formula is C21H20ClF2N5O3. The van der Waals surface area contributed by atoms with E-state index >= 15 is 0 Å². The average molecular weight is 464 g/mol. The molecule has 1 saturated heterocycles. The predicted octanol–water partition coefficient (Wildman–Crippen LogP) is 3.62. The Labute approximate surface area is 186 Å². The van der Waals surface area contributed by atoms with Crippen molar-refractivity contribution >= 4 is 40.1 Å². The molecule has 8 nitrogen and oxygen atoms in total. The molecule has 3 aromatic rings. The van der Waals surface area contributed by atoms with Crippen LogP contribution < -0.4 is 15.8 Å². The highest BCUT2D eigenvalue weighted by Gasteiger charge is 2.45. The first-order chi connectivity index (χ1) is 15.0. The van der Waals surface area contributed by atoms with Crippen molar-refractivity contribution in [3.05, 3.63) is 56.6 Å². The lowest BCUT2D eigenvalue weighted by Gasteiger charge is -2.40. The summed E-state index contributed by atoms with van der Waals surface area (Å²) in [6.07, 6.45) is 0. The molecule has 1 aromatic carbocycles. The highest BCUT2D eigenvalue weighted by molar-refractivity contribution is 6.29. The minimum atomic E-state index is -2.81. The maximum atomic E-state index is 13.4. The first kappa shape index (κ1) is 21.9. The lowest BCUT2D eigenvalue weighted by molar-refractivity contribution is -0.0275. The van der Waals surface area contributed by atoms with E-state index < -0.39 is 31.0 Å². The Bertz CT molecular complexity index is 1300. The first-order valence-corrected chi connectivity index (χ1v) is 10.1. The third kappa shape index (κ3) is 3.86. The zero-order valence-electron chi connectivity index (χ0n) is 17.5. The number of carboxylic acid groups (broad SMARTS) is 1. The smallest absolute Gasteiger partial charge is 0.356 e. The molecule has 2 N–H and O–H groups in total. The Balaban J connectivity index is 1.81. The Hall–Kier alpha value is -3.27. The summed E-state index contributed by atoms with van der Waals surface area (Å²) < 4.78 is 28.1. The van der Waals surface area contributed by atoms with Crippen LogP contribution in [0.5, 0.6) is 0 Å². The van der Waals surface area contributed by atoms with Crippen LogP contribution >= 0.6 is 11.6 Å². The molecule has 1 fully saturated rings. The number of aromatic nitrogens is 3. The number of aromatic carboxylic acids is 1. The number of nitrogens with zero attached hydrogens (tertiary/aromatic N) is 4. The molecule has 1 unspecified atom stereocenters. The van der Waals surface area contributed by atoms with Crippen LogP contribution in [0.25, 0.3) is 10.9 Å². The number of anilines is 2. The van der Waals surface area contributed by atoms with Crippen LogP contribution in [0.2, 0.25) is 5.15 Å². The number of pyridine rings is 1. The van der Waals surface area contributed by atoms with Crippen LogP contribution in [0.15, 0.2) is 29.1 Å². The van der Waals surface area contributed by atoms with Gasteiger partial charge in [0.25, 0.3) is 11.5 Å². The maximum absolute atomic E-state index is 13.4. The molecule has 1 aliphatic heterocycles. The summed E-state index contributed by atoms with van der Waals surface area (Å²) in [7, 11) is 1.50. The summed E-state index contributed by atoms with van der Waals surface area (Å²) in [4.78, 5) is 34.3. The van der Waals surface area contributed by atoms with Crippen molar-refractivity contribution in [1.82, 2.24) is 14.5 Å². The lowest BCUT2D eigenvalue weighted by Crippen LogP contribution is -2.57. The largest absolute Gasteiger partial charge is 0.476 e. The van der Waals surface area contributed by atoms with Crippen LogP contribution in [0, 0.1) is 6.92 Å². The van der Waals surface area contributed by atoms with Crippen LogP contribution in [-0.2, 0) is 7.05 Å². The van der Waals surface area contributed by atoms with Gasteiger partial charge in [0.2, 0.25) is 5.95 Å². The number of rotatable bonds is 5. The fourth-order valence-electron chi connectivity index (χ4n) is 3.83. The normalized spacial score (nSPS) is 16.0. The Morgan fingerprint density at radius 3 is 2.59 bits per heavy atom. The number of aryl methyl sites for hydroxylation is 1. The molecule has 168 valence electrons. The molecule has 0 bridgehead atoms. The Morgan fingerprint density at radius 1 is 1.28 bits per heavy atom. The van der Waals surface area contributed by atoms with Crippen LogP contribution in [0.3, 0.4) is 0 Å². The number of benzene rings is 1. The van der Waals surface area contributed by atoms with Gasteiger partial charge < -0.3 is 15.3 Å². The molecule has 0 saturated carbocycles. The molecular weight excluding hydrogens is 444 g/mol. The summed E-state index contributed by atoms with van der Waals surface area (Å²) in [5.41, 5.74) is 1.44. The summed E-state index contributed by atoms with van der Waals surface area (Å²) >= 11 is 5.82. The van der Waals surface area contributed by atoms with Crippen LogP contribution in [-0.4, -0.2) is 44.6 Å². The van der Waals surface area contributed by atoms with Crippen molar-refractivity contribution in [3.63, 3.8) is 0 Å². The fraction of sp³-hybridized carbons (Fsp3) is 0.333. The first-order valence-electron chi connectivity index (χ1n) is 9.77. The molecule has 1 atom stereocenters. The number of nitrogens with one attached hydrogen (secondary N) is 1. The third-order valence-corrected chi connectivity index (χ3v) is 5.57. The minimum absolute atomic E-state index is 0.0442. The summed E-state index contributed by atoms with van der Waals surface area (Å²) in [6, 6.07) is 6.01. The zero-order valence-corrected chi connectivity index (χ0v) is 18.2. The van der Waals surface area contributed by atoms with Crippen molar-refractivity contribution in [3.8, 4) is 0 Å². The zero-order chi connectivity index (χ0) is 23.4. The van der Waals surface area contributed by atoms with Crippen molar-refractivity contribution < 1.29 is 18.7 Å². The van der Waals surface area contributed by atoms with Gasteiger partial charge in [-0.3, -0.25) is 9.36 Å². The monoisotopic (exact) mass is 463 g/mol. The van der Waals surface area contributed by atoms with Gasteiger partial charge in [-0.15, -0.1) is 0 Å². The summed E-state index contributed by atoms with van der Waals surface area (Å²) in [6.45, 7) is 2.59. The number of carboxylic acids is 1. The summed E-state index contributed by atoms with van der Waals surface area (Å²) in [5, 5.41) is 12.9. The Kier molecular flexibility index (Phi) is 5.28. The van der Waals surface area contributed by atoms with Gasteiger partial charge in [0.05, 0.1) is 35.7 Å². The van der Waals surface area contributed by atoms with Gasteiger partial charge in [0.15, 0.2) is 5.69 Å². The summed E-state index contributed by atoms with van der Waals surface area (Å²) in [5.74, 6) is -3.90. The molecule has 0 radical (unpaired) electrons. The minimum Gasteiger partial charge on any atom is -0.476 e. The van der Waals surface area contributed by atoms with E-state index in [1.165, 1.54) is 28.6 Å². The Morgan fingerprint density at radius 2 is 1.97 bits per heavy atom. The van der Waals surface area contributed by atoms with Crippen LogP contribution in [0.1, 0.15) is 34.6 Å². The SMILES string of the molecule is Cc1cc(C(C)Nc2ccc(Cl)nc2C(=O)O)c2nc(N3CC(F)(F)C3)n(C)c(=O)c2c1. The molecule has 0 spiro atoms. The van der Waals surface area contributed by atoms with E-state index in [-0.39, 0.29) is 28.0 Å². The quantitative estimate of drug-likeness (QED) is 0.557. The molecule has 2 aromatic heterocycles. The number of alkyl halides is 2. The third-order valence-electron chi connectivity index (χ3n) is 5.36. The predicted molar refractivity (Wildman–Crippen MR) is 117 cm³/mol. The molecule has 4 rings (SSSR count). The highest BCUT2D eigenvalue weighted by Crippen LogP contribution is 2.33.